The minimum atomic E-state index is 0.521. The van der Waals surface area contributed by atoms with Gasteiger partial charge in [-0.3, -0.25) is 0 Å². The first-order valence-corrected chi connectivity index (χ1v) is 8.05. The van der Waals surface area contributed by atoms with E-state index >= 15 is 0 Å². The van der Waals surface area contributed by atoms with Crippen LogP contribution in [0.3, 0.4) is 0 Å². The van der Waals surface area contributed by atoms with Gasteiger partial charge in [-0.15, -0.1) is 0 Å². The maximum atomic E-state index is 5.96. The van der Waals surface area contributed by atoms with Crippen molar-refractivity contribution in [1.82, 2.24) is 5.32 Å². The maximum Gasteiger partial charge on any atom is 0.0216 e. The minimum absolute atomic E-state index is 0.521. The summed E-state index contributed by atoms with van der Waals surface area (Å²) in [6.07, 6.45) is 7.22. The fourth-order valence-electron chi connectivity index (χ4n) is 3.48. The normalized spacial score (nSPS) is 23.7. The van der Waals surface area contributed by atoms with Crippen molar-refractivity contribution in [2.45, 2.75) is 58.9 Å². The molecule has 2 heteroatoms. The van der Waals surface area contributed by atoms with Crippen LogP contribution in [0.5, 0.6) is 0 Å². The molecule has 2 rings (SSSR count). The molecule has 2 aliphatic carbocycles. The molecule has 0 aromatic carbocycles. The summed E-state index contributed by atoms with van der Waals surface area (Å²) in [7, 11) is 0. The Balaban J connectivity index is 1.74. The van der Waals surface area contributed by atoms with Crippen molar-refractivity contribution < 1.29 is 0 Å². The molecule has 2 unspecified atom stereocenters. The zero-order valence-electron chi connectivity index (χ0n) is 12.5. The third kappa shape index (κ3) is 4.24. The van der Waals surface area contributed by atoms with Gasteiger partial charge in [-0.25, -0.2) is 0 Å². The van der Waals surface area contributed by atoms with Crippen LogP contribution in [0, 0.1) is 29.6 Å². The molecule has 0 aromatic heterocycles. The lowest BCUT2D eigenvalue weighted by Crippen LogP contribution is -2.44. The van der Waals surface area contributed by atoms with E-state index in [0.717, 1.165) is 30.2 Å². The Morgan fingerprint density at radius 3 is 2.00 bits per heavy atom. The molecular weight excluding hydrogens is 220 g/mol. The molecule has 0 bridgehead atoms. The van der Waals surface area contributed by atoms with Crippen LogP contribution < -0.4 is 11.1 Å². The predicted octanol–water partition coefficient (Wildman–Crippen LogP) is 3.02. The zero-order chi connectivity index (χ0) is 13.1. The summed E-state index contributed by atoms with van der Waals surface area (Å²) in [5, 5.41) is 3.79. The van der Waals surface area contributed by atoms with E-state index in [4.69, 9.17) is 5.73 Å². The summed E-state index contributed by atoms with van der Waals surface area (Å²) in [4.78, 5) is 0. The summed E-state index contributed by atoms with van der Waals surface area (Å²) >= 11 is 0. The van der Waals surface area contributed by atoms with Crippen molar-refractivity contribution in [3.05, 3.63) is 0 Å². The van der Waals surface area contributed by atoms with Gasteiger partial charge in [0.05, 0.1) is 0 Å². The maximum absolute atomic E-state index is 5.96. The molecule has 3 N–H and O–H groups in total. The van der Waals surface area contributed by atoms with Crippen LogP contribution in [-0.4, -0.2) is 19.1 Å². The Morgan fingerprint density at radius 2 is 1.61 bits per heavy atom. The van der Waals surface area contributed by atoms with E-state index in [9.17, 15) is 0 Å². The molecule has 2 nitrogen and oxygen atoms in total. The molecule has 0 aromatic rings. The van der Waals surface area contributed by atoms with Crippen LogP contribution in [0.1, 0.15) is 52.9 Å². The molecule has 0 aliphatic heterocycles. The summed E-state index contributed by atoms with van der Waals surface area (Å²) in [6, 6.07) is 0.521. The van der Waals surface area contributed by atoms with Gasteiger partial charge in [0.25, 0.3) is 0 Å². The SMILES string of the molecule is CC(C)CC(C)C(CN)NCC(C1CC1)C1CC1. The van der Waals surface area contributed by atoms with Crippen molar-refractivity contribution >= 4 is 0 Å². The molecule has 106 valence electrons. The molecule has 2 aliphatic rings. The molecule has 0 saturated heterocycles. The third-order valence-electron chi connectivity index (χ3n) is 4.85. The van der Waals surface area contributed by atoms with Gasteiger partial charge in [0.2, 0.25) is 0 Å². The lowest BCUT2D eigenvalue weighted by molar-refractivity contribution is 0.289. The first kappa shape index (κ1) is 14.3. The minimum Gasteiger partial charge on any atom is -0.329 e. The number of rotatable bonds is 9. The van der Waals surface area contributed by atoms with Gasteiger partial charge in [0.15, 0.2) is 0 Å². The zero-order valence-corrected chi connectivity index (χ0v) is 12.5. The topological polar surface area (TPSA) is 38.0 Å². The van der Waals surface area contributed by atoms with Gasteiger partial charge in [0.1, 0.15) is 0 Å². The van der Waals surface area contributed by atoms with Gasteiger partial charge < -0.3 is 11.1 Å². The molecule has 0 amide bonds. The smallest absolute Gasteiger partial charge is 0.0216 e. The van der Waals surface area contributed by atoms with Crippen molar-refractivity contribution in [1.29, 1.82) is 0 Å². The van der Waals surface area contributed by atoms with Gasteiger partial charge in [-0.05, 0) is 68.2 Å². The van der Waals surface area contributed by atoms with E-state index < -0.39 is 0 Å². The highest BCUT2D eigenvalue weighted by Crippen LogP contribution is 2.48. The van der Waals surface area contributed by atoms with E-state index in [1.807, 2.05) is 0 Å². The average Bonchev–Trinajstić information content (AvgIpc) is 3.15. The van der Waals surface area contributed by atoms with Crippen LogP contribution in [0.2, 0.25) is 0 Å². The van der Waals surface area contributed by atoms with E-state index in [1.54, 1.807) is 0 Å². The van der Waals surface area contributed by atoms with Crippen molar-refractivity contribution in [3.63, 3.8) is 0 Å². The Kier molecular flexibility index (Phi) is 5.08. The van der Waals surface area contributed by atoms with Crippen molar-refractivity contribution in [2.24, 2.45) is 35.3 Å². The van der Waals surface area contributed by atoms with Crippen LogP contribution >= 0.6 is 0 Å². The number of nitrogens with two attached hydrogens (primary N) is 1. The highest BCUT2D eigenvalue weighted by atomic mass is 14.9. The number of nitrogens with one attached hydrogen (secondary N) is 1. The number of hydrogen-bond acceptors (Lipinski definition) is 2. The fraction of sp³-hybridized carbons (Fsp3) is 1.00. The van der Waals surface area contributed by atoms with Crippen LogP contribution in [0.15, 0.2) is 0 Å². The van der Waals surface area contributed by atoms with E-state index in [0.29, 0.717) is 12.0 Å². The molecule has 0 radical (unpaired) electrons. The summed E-state index contributed by atoms with van der Waals surface area (Å²) in [5.41, 5.74) is 5.96. The molecule has 0 heterocycles. The summed E-state index contributed by atoms with van der Waals surface area (Å²) in [6.45, 7) is 8.98. The monoisotopic (exact) mass is 252 g/mol. The first-order valence-electron chi connectivity index (χ1n) is 8.05. The highest BCUT2D eigenvalue weighted by Gasteiger charge is 2.41. The lowest BCUT2D eigenvalue weighted by Gasteiger charge is -2.28. The Morgan fingerprint density at radius 1 is 1.06 bits per heavy atom. The van der Waals surface area contributed by atoms with Gasteiger partial charge in [-0.1, -0.05) is 20.8 Å². The molecule has 2 atom stereocenters. The van der Waals surface area contributed by atoms with Crippen molar-refractivity contribution in [2.75, 3.05) is 13.1 Å². The fourth-order valence-corrected chi connectivity index (χ4v) is 3.48. The van der Waals surface area contributed by atoms with Crippen LogP contribution in [-0.2, 0) is 0 Å². The van der Waals surface area contributed by atoms with E-state index in [2.05, 4.69) is 26.1 Å². The number of hydrogen-bond donors (Lipinski definition) is 2. The highest BCUT2D eigenvalue weighted by molar-refractivity contribution is 4.93. The first-order chi connectivity index (χ1) is 8.61. The van der Waals surface area contributed by atoms with Gasteiger partial charge in [-0.2, -0.15) is 0 Å². The van der Waals surface area contributed by atoms with Crippen molar-refractivity contribution in [3.8, 4) is 0 Å². The Labute approximate surface area is 113 Å². The molecule has 2 saturated carbocycles. The van der Waals surface area contributed by atoms with Crippen LogP contribution in [0.4, 0.5) is 0 Å². The second-order valence-electron chi connectivity index (χ2n) is 7.20. The standard InChI is InChI=1S/C16H32N2/c1-11(2)8-12(3)16(9-17)18-10-15(13-4-5-13)14-6-7-14/h11-16,18H,4-10,17H2,1-3H3. The van der Waals surface area contributed by atoms with Gasteiger partial charge in [0, 0.05) is 12.6 Å². The Hall–Kier alpha value is -0.0800. The average molecular weight is 252 g/mol. The summed E-state index contributed by atoms with van der Waals surface area (Å²) < 4.78 is 0. The molecule has 2 fully saturated rings. The largest absolute Gasteiger partial charge is 0.329 e. The Bertz CT molecular complexity index is 231. The third-order valence-corrected chi connectivity index (χ3v) is 4.85. The molecular formula is C16H32N2. The second-order valence-corrected chi connectivity index (χ2v) is 7.20. The lowest BCUT2D eigenvalue weighted by atomic mass is 9.91. The second kappa shape index (κ2) is 6.38. The predicted molar refractivity (Wildman–Crippen MR) is 78.4 cm³/mol. The molecule has 0 spiro atoms. The van der Waals surface area contributed by atoms with Gasteiger partial charge >= 0.3 is 0 Å². The summed E-state index contributed by atoms with van der Waals surface area (Å²) in [5.74, 6) is 4.53. The van der Waals surface area contributed by atoms with E-state index in [1.165, 1.54) is 38.6 Å². The molecule has 18 heavy (non-hydrogen) atoms. The quantitative estimate of drug-likeness (QED) is 0.662. The van der Waals surface area contributed by atoms with E-state index in [-0.39, 0.29) is 0 Å². The van der Waals surface area contributed by atoms with Crippen LogP contribution in [0.25, 0.3) is 0 Å².